The number of hydrogen-bond acceptors (Lipinski definition) is 3. The van der Waals surface area contributed by atoms with Gasteiger partial charge in [-0.1, -0.05) is 6.92 Å². The van der Waals surface area contributed by atoms with E-state index in [1.807, 2.05) is 6.92 Å². The Morgan fingerprint density at radius 3 is 2.29 bits per heavy atom. The minimum absolute atomic E-state index is 0.0604. The number of carbonyl (C=O) groups is 1. The molecule has 0 unspecified atom stereocenters. The highest BCUT2D eigenvalue weighted by atomic mass is 19.1. The molecule has 0 aliphatic rings. The second-order valence-corrected chi connectivity index (χ2v) is 5.72. The van der Waals surface area contributed by atoms with E-state index in [2.05, 4.69) is 5.32 Å². The van der Waals surface area contributed by atoms with Crippen molar-refractivity contribution in [1.29, 1.82) is 0 Å². The van der Waals surface area contributed by atoms with Crippen molar-refractivity contribution in [2.75, 3.05) is 25.5 Å². The number of rotatable bonds is 6. The highest BCUT2D eigenvalue weighted by molar-refractivity contribution is 5.94. The predicted octanol–water partition coefficient (Wildman–Crippen LogP) is 2.63. The lowest BCUT2D eigenvalue weighted by Gasteiger charge is -2.25. The van der Waals surface area contributed by atoms with Crippen molar-refractivity contribution in [3.63, 3.8) is 0 Å². The maximum Gasteiger partial charge on any atom is 0.253 e. The van der Waals surface area contributed by atoms with Crippen molar-refractivity contribution in [1.82, 2.24) is 4.90 Å². The van der Waals surface area contributed by atoms with E-state index >= 15 is 0 Å². The van der Waals surface area contributed by atoms with E-state index in [4.69, 9.17) is 0 Å². The average molecular weight is 300 g/mol. The van der Waals surface area contributed by atoms with Crippen LogP contribution in [0.5, 0.6) is 0 Å². The summed E-state index contributed by atoms with van der Waals surface area (Å²) in [5.74, 6) is -2.15. The van der Waals surface area contributed by atoms with Crippen molar-refractivity contribution in [3.05, 3.63) is 29.3 Å². The minimum atomic E-state index is -1.08. The molecule has 6 heteroatoms. The van der Waals surface area contributed by atoms with Gasteiger partial charge in [0.2, 0.25) is 0 Å². The number of hydrogen-bond donors (Lipinski definition) is 2. The summed E-state index contributed by atoms with van der Waals surface area (Å²) in [5.41, 5.74) is -1.39. The van der Waals surface area contributed by atoms with Gasteiger partial charge in [0.05, 0.1) is 5.60 Å². The van der Waals surface area contributed by atoms with Crippen molar-refractivity contribution in [2.45, 2.75) is 32.8 Å². The van der Waals surface area contributed by atoms with Crippen LogP contribution in [0.4, 0.5) is 14.5 Å². The van der Waals surface area contributed by atoms with E-state index in [9.17, 15) is 18.7 Å². The maximum atomic E-state index is 13.9. The summed E-state index contributed by atoms with van der Waals surface area (Å²) in [4.78, 5) is 13.3. The van der Waals surface area contributed by atoms with Gasteiger partial charge in [-0.05, 0) is 32.4 Å². The van der Waals surface area contributed by atoms with Gasteiger partial charge in [0, 0.05) is 25.7 Å². The van der Waals surface area contributed by atoms with Gasteiger partial charge in [0.15, 0.2) is 0 Å². The molecule has 0 aromatic heterocycles. The Labute approximate surface area is 123 Å². The molecule has 1 amide bonds. The number of benzene rings is 1. The number of nitrogens with zero attached hydrogens (tertiary/aromatic N) is 1. The van der Waals surface area contributed by atoms with Crippen LogP contribution in [-0.2, 0) is 0 Å². The molecule has 0 bridgehead atoms. The summed E-state index contributed by atoms with van der Waals surface area (Å²) in [6, 6.07) is 2.01. The third kappa shape index (κ3) is 4.97. The number of carbonyl (C=O) groups excluding carboxylic acids is 1. The Hall–Kier alpha value is -1.69. The van der Waals surface area contributed by atoms with Crippen LogP contribution >= 0.6 is 0 Å². The van der Waals surface area contributed by atoms with E-state index in [0.29, 0.717) is 6.54 Å². The third-order valence-electron chi connectivity index (χ3n) is 2.81. The molecule has 0 fully saturated rings. The van der Waals surface area contributed by atoms with Crippen LogP contribution in [0.2, 0.25) is 0 Å². The fourth-order valence-electron chi connectivity index (χ4n) is 1.99. The molecule has 0 saturated carbocycles. The topological polar surface area (TPSA) is 52.6 Å². The second kappa shape index (κ2) is 6.85. The van der Waals surface area contributed by atoms with E-state index in [1.165, 1.54) is 11.9 Å². The summed E-state index contributed by atoms with van der Waals surface area (Å²) < 4.78 is 27.7. The van der Waals surface area contributed by atoms with Crippen LogP contribution in [0.1, 0.15) is 37.6 Å². The first-order valence-corrected chi connectivity index (χ1v) is 6.86. The Morgan fingerprint density at radius 2 is 1.86 bits per heavy atom. The van der Waals surface area contributed by atoms with Gasteiger partial charge in [0.1, 0.15) is 17.3 Å². The Morgan fingerprint density at radius 1 is 1.33 bits per heavy atom. The Bertz CT molecular complexity index is 490. The third-order valence-corrected chi connectivity index (χ3v) is 2.81. The molecule has 1 aromatic rings. The molecular formula is C15H22F2N2O2. The standard InChI is InChI=1S/C15H22F2N2O2/c1-5-6-18-13-11(16)7-10(8-12(13)17)14(20)19(4)9-15(2,3)21/h7-8,18,21H,5-6,9H2,1-4H3. The van der Waals surface area contributed by atoms with Crippen molar-refractivity contribution < 1.29 is 18.7 Å². The van der Waals surface area contributed by atoms with Gasteiger partial charge < -0.3 is 15.3 Å². The van der Waals surface area contributed by atoms with Crippen molar-refractivity contribution >= 4 is 11.6 Å². The van der Waals surface area contributed by atoms with Crippen LogP contribution in [0.15, 0.2) is 12.1 Å². The lowest BCUT2D eigenvalue weighted by molar-refractivity contribution is 0.0367. The number of likely N-dealkylation sites (N-methyl/N-ethyl adjacent to an activating group) is 1. The number of nitrogens with one attached hydrogen (secondary N) is 1. The lowest BCUT2D eigenvalue weighted by Crippen LogP contribution is -2.39. The summed E-state index contributed by atoms with van der Waals surface area (Å²) >= 11 is 0. The van der Waals surface area contributed by atoms with E-state index < -0.39 is 23.1 Å². The number of halogens is 2. The Kier molecular flexibility index (Phi) is 5.66. The zero-order valence-corrected chi connectivity index (χ0v) is 12.8. The molecule has 0 atom stereocenters. The second-order valence-electron chi connectivity index (χ2n) is 5.72. The zero-order valence-electron chi connectivity index (χ0n) is 12.8. The Balaban J connectivity index is 2.96. The largest absolute Gasteiger partial charge is 0.389 e. The fraction of sp³-hybridized carbons (Fsp3) is 0.533. The molecule has 1 rings (SSSR count). The van der Waals surface area contributed by atoms with Crippen LogP contribution in [-0.4, -0.2) is 41.7 Å². The molecule has 0 heterocycles. The molecule has 118 valence electrons. The molecule has 1 aromatic carbocycles. The van der Waals surface area contributed by atoms with Gasteiger partial charge in [-0.3, -0.25) is 4.79 Å². The minimum Gasteiger partial charge on any atom is -0.389 e. The normalized spacial score (nSPS) is 11.4. The van der Waals surface area contributed by atoms with E-state index in [1.54, 1.807) is 13.8 Å². The molecule has 0 aliphatic heterocycles. The maximum absolute atomic E-state index is 13.9. The van der Waals surface area contributed by atoms with Crippen LogP contribution in [0.3, 0.4) is 0 Å². The van der Waals surface area contributed by atoms with Gasteiger partial charge in [-0.2, -0.15) is 0 Å². The van der Waals surface area contributed by atoms with Gasteiger partial charge in [-0.25, -0.2) is 8.78 Å². The first-order chi connectivity index (χ1) is 9.65. The first kappa shape index (κ1) is 17.4. The zero-order chi connectivity index (χ0) is 16.2. The summed E-state index contributed by atoms with van der Waals surface area (Å²) in [5, 5.41) is 12.3. The number of anilines is 1. The highest BCUT2D eigenvalue weighted by Crippen LogP contribution is 2.22. The molecule has 4 nitrogen and oxygen atoms in total. The summed E-state index contributed by atoms with van der Waals surface area (Å²) in [6.45, 7) is 5.49. The SMILES string of the molecule is CCCNc1c(F)cc(C(=O)N(C)CC(C)(C)O)cc1F. The van der Waals surface area contributed by atoms with Crippen LogP contribution < -0.4 is 5.32 Å². The van der Waals surface area contributed by atoms with E-state index in [0.717, 1.165) is 18.6 Å². The van der Waals surface area contributed by atoms with Gasteiger partial charge in [-0.15, -0.1) is 0 Å². The molecule has 21 heavy (non-hydrogen) atoms. The van der Waals surface area contributed by atoms with Gasteiger partial charge in [0.25, 0.3) is 5.91 Å². The quantitative estimate of drug-likeness (QED) is 0.849. The average Bonchev–Trinajstić information content (AvgIpc) is 2.34. The van der Waals surface area contributed by atoms with Crippen LogP contribution in [0.25, 0.3) is 0 Å². The molecule has 0 aliphatic carbocycles. The number of aliphatic hydroxyl groups is 1. The van der Waals surface area contributed by atoms with E-state index in [-0.39, 0.29) is 17.8 Å². The monoisotopic (exact) mass is 300 g/mol. The summed E-state index contributed by atoms with van der Waals surface area (Å²) in [6.07, 6.45) is 0.730. The summed E-state index contributed by atoms with van der Waals surface area (Å²) in [7, 11) is 1.47. The molecule has 2 N–H and O–H groups in total. The fourth-order valence-corrected chi connectivity index (χ4v) is 1.99. The molecule has 0 radical (unpaired) electrons. The predicted molar refractivity (Wildman–Crippen MR) is 78.4 cm³/mol. The smallest absolute Gasteiger partial charge is 0.253 e. The van der Waals surface area contributed by atoms with Crippen molar-refractivity contribution in [3.8, 4) is 0 Å². The highest BCUT2D eigenvalue weighted by Gasteiger charge is 2.22. The molecule has 0 saturated heterocycles. The number of amides is 1. The van der Waals surface area contributed by atoms with Crippen molar-refractivity contribution in [2.24, 2.45) is 0 Å². The molecule has 0 spiro atoms. The first-order valence-electron chi connectivity index (χ1n) is 6.86. The van der Waals surface area contributed by atoms with Crippen LogP contribution in [0, 0.1) is 11.6 Å². The van der Waals surface area contributed by atoms with Gasteiger partial charge >= 0.3 is 0 Å². The molecular weight excluding hydrogens is 278 g/mol. The lowest BCUT2D eigenvalue weighted by atomic mass is 10.1.